The molecule has 0 unspecified atom stereocenters. The van der Waals surface area contributed by atoms with Crippen LogP contribution < -0.4 is 5.32 Å². The summed E-state index contributed by atoms with van der Waals surface area (Å²) in [6.07, 6.45) is -6.68. The molecule has 0 aliphatic heterocycles. The molecule has 156 valence electrons. The monoisotopic (exact) mass is 424 g/mol. The van der Waals surface area contributed by atoms with Gasteiger partial charge in [-0.15, -0.1) is 0 Å². The Morgan fingerprint density at radius 1 is 1.21 bits per heavy atom. The van der Waals surface area contributed by atoms with Crippen molar-refractivity contribution < 1.29 is 22.0 Å². The Hall–Kier alpha value is -1.90. The molecule has 2 aromatic heterocycles. The molecule has 0 saturated carbocycles. The first-order chi connectivity index (χ1) is 12.9. The van der Waals surface area contributed by atoms with Crippen molar-refractivity contribution in [2.24, 2.45) is 0 Å². The van der Waals surface area contributed by atoms with E-state index < -0.39 is 24.6 Å². The fourth-order valence-corrected chi connectivity index (χ4v) is 3.38. The third-order valence-corrected chi connectivity index (χ3v) is 4.53. The second-order valence-electron chi connectivity index (χ2n) is 7.04. The van der Waals surface area contributed by atoms with Crippen LogP contribution in [0.2, 0.25) is 5.02 Å². The summed E-state index contributed by atoms with van der Waals surface area (Å²) < 4.78 is 67.1. The van der Waals surface area contributed by atoms with E-state index in [1.54, 1.807) is 6.92 Å². The van der Waals surface area contributed by atoms with Crippen molar-refractivity contribution in [2.45, 2.75) is 65.2 Å². The third kappa shape index (κ3) is 5.12. The Kier molecular flexibility index (Phi) is 6.58. The van der Waals surface area contributed by atoms with Crippen LogP contribution in [0.25, 0.3) is 11.3 Å². The molecule has 28 heavy (non-hydrogen) atoms. The molecular weight excluding hydrogens is 403 g/mol. The van der Waals surface area contributed by atoms with Gasteiger partial charge in [-0.2, -0.15) is 18.3 Å². The second kappa shape index (κ2) is 8.23. The smallest absolute Gasteiger partial charge is 0.365 e. The van der Waals surface area contributed by atoms with Crippen LogP contribution in [0.5, 0.6) is 0 Å². The van der Waals surface area contributed by atoms with Gasteiger partial charge >= 0.3 is 6.18 Å². The normalized spacial score (nSPS) is 12.7. The lowest BCUT2D eigenvalue weighted by atomic mass is 10.00. The van der Waals surface area contributed by atoms with Crippen LogP contribution in [0.1, 0.15) is 51.8 Å². The van der Waals surface area contributed by atoms with Gasteiger partial charge in [0.1, 0.15) is 5.82 Å². The van der Waals surface area contributed by atoms with E-state index >= 15 is 0 Å². The first-order valence-electron chi connectivity index (χ1n) is 8.77. The molecule has 10 heteroatoms. The maximum atomic E-state index is 13.7. The van der Waals surface area contributed by atoms with Gasteiger partial charge in [0.25, 0.3) is 6.43 Å². The lowest BCUT2D eigenvalue weighted by Gasteiger charge is -2.28. The number of aryl methyl sites for hydroxylation is 2. The van der Waals surface area contributed by atoms with E-state index in [4.69, 9.17) is 11.6 Å². The van der Waals surface area contributed by atoms with Crippen LogP contribution in [0.4, 0.5) is 27.8 Å². The van der Waals surface area contributed by atoms with Crippen molar-refractivity contribution in [3.05, 3.63) is 28.5 Å². The van der Waals surface area contributed by atoms with Gasteiger partial charge in [-0.1, -0.05) is 18.5 Å². The zero-order chi connectivity index (χ0) is 21.3. The predicted octanol–water partition coefficient (Wildman–Crippen LogP) is 6.26. The molecule has 0 saturated heterocycles. The first kappa shape index (κ1) is 22.4. The summed E-state index contributed by atoms with van der Waals surface area (Å²) in [6.45, 7) is 6.72. The van der Waals surface area contributed by atoms with Crippen molar-refractivity contribution in [3.63, 3.8) is 0 Å². The van der Waals surface area contributed by atoms with E-state index in [1.807, 2.05) is 6.92 Å². The fourth-order valence-electron chi connectivity index (χ4n) is 3.01. The third-order valence-electron chi connectivity index (χ3n) is 4.13. The standard InChI is InChI=1S/C18H22ClF5N4/c1-5-12-14(19)15(28(6-2)27-12)11-8-25-13(7-10(11)16(20)21)26-17(3,4)9-18(22,23)24/h7-8,16H,5-6,9H2,1-4H3,(H,25,26). The molecule has 0 fully saturated rings. The number of alkyl halides is 5. The summed E-state index contributed by atoms with van der Waals surface area (Å²) in [5.74, 6) is -0.0669. The number of pyridine rings is 1. The molecule has 4 nitrogen and oxygen atoms in total. The number of nitrogens with zero attached hydrogens (tertiary/aromatic N) is 3. The van der Waals surface area contributed by atoms with Gasteiger partial charge < -0.3 is 5.32 Å². The topological polar surface area (TPSA) is 42.7 Å². The van der Waals surface area contributed by atoms with Gasteiger partial charge in [-0.25, -0.2) is 13.8 Å². The largest absolute Gasteiger partial charge is 0.391 e. The molecule has 0 aromatic carbocycles. The van der Waals surface area contributed by atoms with Crippen LogP contribution in [-0.2, 0) is 13.0 Å². The van der Waals surface area contributed by atoms with Gasteiger partial charge in [-0.3, -0.25) is 4.68 Å². The summed E-state index contributed by atoms with van der Waals surface area (Å²) in [4.78, 5) is 4.05. The van der Waals surface area contributed by atoms with E-state index in [0.717, 1.165) is 6.07 Å². The molecule has 2 rings (SSSR count). The molecule has 0 aliphatic carbocycles. The minimum Gasteiger partial charge on any atom is -0.365 e. The number of aromatic nitrogens is 3. The lowest BCUT2D eigenvalue weighted by Crippen LogP contribution is -2.36. The highest BCUT2D eigenvalue weighted by molar-refractivity contribution is 6.33. The van der Waals surface area contributed by atoms with E-state index in [1.165, 1.54) is 24.7 Å². The number of nitrogens with one attached hydrogen (secondary N) is 1. The van der Waals surface area contributed by atoms with Gasteiger partial charge in [0.15, 0.2) is 0 Å². The van der Waals surface area contributed by atoms with E-state index in [0.29, 0.717) is 24.4 Å². The first-order valence-corrected chi connectivity index (χ1v) is 9.15. The van der Waals surface area contributed by atoms with Gasteiger partial charge in [0, 0.05) is 29.4 Å². The average molecular weight is 425 g/mol. The maximum absolute atomic E-state index is 13.7. The SMILES string of the molecule is CCc1nn(CC)c(-c2cnc(NC(C)(C)CC(F)(F)F)cc2C(F)F)c1Cl. The molecule has 0 bridgehead atoms. The molecule has 0 spiro atoms. The number of halogens is 6. The summed E-state index contributed by atoms with van der Waals surface area (Å²) in [7, 11) is 0. The Balaban J connectivity index is 2.49. The van der Waals surface area contributed by atoms with Crippen LogP contribution in [0.15, 0.2) is 12.3 Å². The van der Waals surface area contributed by atoms with Crippen LogP contribution >= 0.6 is 11.6 Å². The predicted molar refractivity (Wildman–Crippen MR) is 98.9 cm³/mol. The minimum absolute atomic E-state index is 0.0669. The lowest BCUT2D eigenvalue weighted by molar-refractivity contribution is -0.142. The highest BCUT2D eigenvalue weighted by Gasteiger charge is 2.37. The van der Waals surface area contributed by atoms with E-state index in [9.17, 15) is 22.0 Å². The molecule has 0 radical (unpaired) electrons. The number of hydrogen-bond donors (Lipinski definition) is 1. The quantitative estimate of drug-likeness (QED) is 0.533. The maximum Gasteiger partial charge on any atom is 0.391 e. The average Bonchev–Trinajstić information content (AvgIpc) is 2.87. The van der Waals surface area contributed by atoms with Gasteiger partial charge in [-0.05, 0) is 33.3 Å². The summed E-state index contributed by atoms with van der Waals surface area (Å²) in [6, 6.07) is 1.06. The molecule has 2 heterocycles. The van der Waals surface area contributed by atoms with E-state index in [-0.39, 0.29) is 22.0 Å². The zero-order valence-corrected chi connectivity index (χ0v) is 16.7. The minimum atomic E-state index is -4.40. The Morgan fingerprint density at radius 2 is 1.86 bits per heavy atom. The Morgan fingerprint density at radius 3 is 2.36 bits per heavy atom. The van der Waals surface area contributed by atoms with Crippen molar-refractivity contribution in [3.8, 4) is 11.3 Å². The Labute approximate surface area is 165 Å². The van der Waals surface area contributed by atoms with E-state index in [2.05, 4.69) is 15.4 Å². The molecule has 0 atom stereocenters. The van der Waals surface area contributed by atoms with Crippen molar-refractivity contribution in [2.75, 3.05) is 5.32 Å². The fraction of sp³-hybridized carbons (Fsp3) is 0.556. The number of rotatable bonds is 7. The molecular formula is C18H22ClF5N4. The van der Waals surface area contributed by atoms with Crippen LogP contribution in [0, 0.1) is 0 Å². The van der Waals surface area contributed by atoms with Crippen molar-refractivity contribution in [1.82, 2.24) is 14.8 Å². The van der Waals surface area contributed by atoms with Crippen LogP contribution in [-0.4, -0.2) is 26.5 Å². The van der Waals surface area contributed by atoms with Gasteiger partial charge in [0.2, 0.25) is 0 Å². The summed E-state index contributed by atoms with van der Waals surface area (Å²) in [5, 5.41) is 7.18. The summed E-state index contributed by atoms with van der Waals surface area (Å²) >= 11 is 6.34. The highest BCUT2D eigenvalue weighted by Crippen LogP contribution is 2.38. The van der Waals surface area contributed by atoms with Gasteiger partial charge in [0.05, 0.1) is 22.8 Å². The second-order valence-corrected chi connectivity index (χ2v) is 7.41. The van der Waals surface area contributed by atoms with Crippen molar-refractivity contribution in [1.29, 1.82) is 0 Å². The Bertz CT molecular complexity index is 830. The summed E-state index contributed by atoms with van der Waals surface area (Å²) in [5.41, 5.74) is -0.783. The van der Waals surface area contributed by atoms with Crippen LogP contribution in [0.3, 0.4) is 0 Å². The number of anilines is 1. The molecule has 1 N–H and O–H groups in total. The molecule has 0 amide bonds. The molecule has 2 aromatic rings. The zero-order valence-electron chi connectivity index (χ0n) is 16.0. The highest BCUT2D eigenvalue weighted by atomic mass is 35.5. The number of hydrogen-bond acceptors (Lipinski definition) is 3. The molecule has 0 aliphatic rings. The van der Waals surface area contributed by atoms with Crippen molar-refractivity contribution >= 4 is 17.4 Å².